The number of nitrogens with one attached hydrogen (secondary N) is 4. The van der Waals surface area contributed by atoms with Gasteiger partial charge in [0, 0.05) is 18.3 Å². The Balaban J connectivity index is 2.67. The van der Waals surface area contributed by atoms with Gasteiger partial charge in [0.25, 0.3) is 0 Å². The normalized spacial score (nSPS) is 11.9. The number of thiocarbonyl (C=S) groups is 1. The van der Waals surface area contributed by atoms with Crippen LogP contribution in [0.5, 0.6) is 0 Å². The van der Waals surface area contributed by atoms with Gasteiger partial charge in [-0.2, -0.15) is 0 Å². The summed E-state index contributed by atoms with van der Waals surface area (Å²) >= 11 is 22.6. The minimum Gasteiger partial charge on any atom is -0.450 e. The number of benzene rings is 1. The summed E-state index contributed by atoms with van der Waals surface area (Å²) in [5.41, 5.74) is 1.27. The average molecular weight is 428 g/mol. The van der Waals surface area contributed by atoms with Crippen LogP contribution in [0, 0.1) is 0 Å². The molecule has 0 aromatic heterocycles. The summed E-state index contributed by atoms with van der Waals surface area (Å²) in [6.45, 7) is 3.23. The zero-order chi connectivity index (χ0) is 19.0. The van der Waals surface area contributed by atoms with Crippen LogP contribution in [0.4, 0.5) is 16.2 Å². The molecule has 1 atom stereocenters. The molecule has 0 heterocycles. The number of halogens is 3. The highest BCUT2D eigenvalue weighted by atomic mass is 35.6. The molecule has 1 aromatic rings. The van der Waals surface area contributed by atoms with Crippen molar-refractivity contribution >= 4 is 75.5 Å². The molecule has 1 rings (SSSR count). The minimum absolute atomic E-state index is 0.111. The molecule has 0 fully saturated rings. The van der Waals surface area contributed by atoms with Crippen molar-refractivity contribution in [1.82, 2.24) is 10.6 Å². The molecule has 25 heavy (non-hydrogen) atoms. The van der Waals surface area contributed by atoms with Gasteiger partial charge in [-0.15, -0.1) is 0 Å². The van der Waals surface area contributed by atoms with E-state index in [9.17, 15) is 9.59 Å². The van der Waals surface area contributed by atoms with E-state index in [1.165, 1.54) is 6.92 Å². The molecular formula is C14H17Cl3N4O3S. The van der Waals surface area contributed by atoms with Crippen LogP contribution in [-0.2, 0) is 9.53 Å². The van der Waals surface area contributed by atoms with Crippen LogP contribution in [0.3, 0.4) is 0 Å². The molecule has 0 aliphatic carbocycles. The summed E-state index contributed by atoms with van der Waals surface area (Å²) in [5, 5.41) is 10.7. The van der Waals surface area contributed by atoms with Crippen LogP contribution >= 0.6 is 47.0 Å². The van der Waals surface area contributed by atoms with Gasteiger partial charge in [0.1, 0.15) is 0 Å². The second-order valence-electron chi connectivity index (χ2n) is 4.70. The van der Waals surface area contributed by atoms with Crippen molar-refractivity contribution in [1.29, 1.82) is 0 Å². The topological polar surface area (TPSA) is 91.5 Å². The zero-order valence-corrected chi connectivity index (χ0v) is 16.4. The first-order chi connectivity index (χ1) is 11.6. The lowest BCUT2D eigenvalue weighted by molar-refractivity contribution is -0.114. The highest BCUT2D eigenvalue weighted by Crippen LogP contribution is 2.29. The van der Waals surface area contributed by atoms with Crippen LogP contribution in [0.1, 0.15) is 13.8 Å². The fraction of sp³-hybridized carbons (Fsp3) is 0.357. The van der Waals surface area contributed by atoms with E-state index in [4.69, 9.17) is 51.8 Å². The summed E-state index contributed by atoms with van der Waals surface area (Å²) in [4.78, 5) is 22.5. The average Bonchev–Trinajstić information content (AvgIpc) is 2.47. The summed E-state index contributed by atoms with van der Waals surface area (Å²) in [6, 6.07) is 6.77. The van der Waals surface area contributed by atoms with Gasteiger partial charge in [0.15, 0.2) is 11.3 Å². The Morgan fingerprint density at radius 1 is 1.12 bits per heavy atom. The highest BCUT2D eigenvalue weighted by molar-refractivity contribution is 7.80. The van der Waals surface area contributed by atoms with E-state index in [0.717, 1.165) is 0 Å². The molecule has 0 aliphatic heterocycles. The summed E-state index contributed by atoms with van der Waals surface area (Å²) < 4.78 is 2.88. The van der Waals surface area contributed by atoms with E-state index in [1.54, 1.807) is 31.2 Å². The van der Waals surface area contributed by atoms with Crippen LogP contribution in [0.2, 0.25) is 0 Å². The second-order valence-corrected chi connectivity index (χ2v) is 7.47. The van der Waals surface area contributed by atoms with Crippen LogP contribution < -0.4 is 21.3 Å². The van der Waals surface area contributed by atoms with Crippen molar-refractivity contribution in [2.24, 2.45) is 0 Å². The third-order valence-electron chi connectivity index (χ3n) is 2.60. The Morgan fingerprint density at radius 2 is 1.64 bits per heavy atom. The molecule has 1 aromatic carbocycles. The molecule has 138 valence electrons. The number of amides is 2. The first-order valence-corrected chi connectivity index (χ1v) is 8.61. The lowest BCUT2D eigenvalue weighted by Gasteiger charge is -2.27. The molecule has 0 aliphatic rings. The molecule has 0 spiro atoms. The van der Waals surface area contributed by atoms with Gasteiger partial charge in [0.05, 0.1) is 6.61 Å². The number of carbonyl (C=O) groups is 2. The number of rotatable bonds is 5. The lowest BCUT2D eigenvalue weighted by Crippen LogP contribution is -2.56. The Hall–Kier alpha value is -1.48. The SMILES string of the molecule is CCOC(=O)NC(NC(=S)Nc1ccc(NC(C)=O)cc1)C(Cl)(Cl)Cl. The molecule has 2 amide bonds. The first kappa shape index (κ1) is 21.6. The highest BCUT2D eigenvalue weighted by Gasteiger charge is 2.35. The van der Waals surface area contributed by atoms with Gasteiger partial charge in [0.2, 0.25) is 9.70 Å². The van der Waals surface area contributed by atoms with Crippen molar-refractivity contribution in [3.63, 3.8) is 0 Å². The largest absolute Gasteiger partial charge is 0.450 e. The smallest absolute Gasteiger partial charge is 0.408 e. The molecule has 1 unspecified atom stereocenters. The van der Waals surface area contributed by atoms with Gasteiger partial charge in [-0.05, 0) is 43.4 Å². The van der Waals surface area contributed by atoms with Crippen molar-refractivity contribution in [3.05, 3.63) is 24.3 Å². The van der Waals surface area contributed by atoms with E-state index in [0.29, 0.717) is 11.4 Å². The number of anilines is 2. The Bertz CT molecular complexity index is 623. The van der Waals surface area contributed by atoms with Crippen LogP contribution in [0.15, 0.2) is 24.3 Å². The standard InChI is InChI=1S/C14H17Cl3N4O3S/c1-3-24-13(23)21-11(14(15,16)17)20-12(25)19-10-6-4-9(5-7-10)18-8(2)22/h4-7,11H,3H2,1-2H3,(H,18,22)(H,21,23)(H2,19,20,25). The Kier molecular flexibility index (Phi) is 8.51. The van der Waals surface area contributed by atoms with Crippen LogP contribution in [-0.4, -0.2) is 33.7 Å². The van der Waals surface area contributed by atoms with Crippen molar-refractivity contribution in [3.8, 4) is 0 Å². The quantitative estimate of drug-likeness (QED) is 0.327. The number of alkyl carbamates (subject to hydrolysis) is 1. The van der Waals surface area contributed by atoms with E-state index in [-0.39, 0.29) is 17.6 Å². The molecular weight excluding hydrogens is 411 g/mol. The maximum atomic E-state index is 11.5. The lowest BCUT2D eigenvalue weighted by atomic mass is 10.3. The number of hydrogen-bond donors (Lipinski definition) is 4. The second kappa shape index (κ2) is 9.86. The Morgan fingerprint density at radius 3 is 2.08 bits per heavy atom. The monoisotopic (exact) mass is 426 g/mol. The predicted octanol–water partition coefficient (Wildman–Crippen LogP) is 3.37. The van der Waals surface area contributed by atoms with Gasteiger partial charge in [-0.1, -0.05) is 34.8 Å². The summed E-state index contributed by atoms with van der Waals surface area (Å²) in [7, 11) is 0. The third kappa shape index (κ3) is 8.44. The molecule has 0 bridgehead atoms. The molecule has 0 saturated carbocycles. The van der Waals surface area contributed by atoms with Gasteiger partial charge < -0.3 is 20.7 Å². The molecule has 11 heteroatoms. The maximum Gasteiger partial charge on any atom is 0.408 e. The van der Waals surface area contributed by atoms with Crippen molar-refractivity contribution < 1.29 is 14.3 Å². The van der Waals surface area contributed by atoms with E-state index in [1.807, 2.05) is 0 Å². The maximum absolute atomic E-state index is 11.5. The molecule has 7 nitrogen and oxygen atoms in total. The third-order valence-corrected chi connectivity index (χ3v) is 3.48. The predicted molar refractivity (Wildman–Crippen MR) is 104 cm³/mol. The van der Waals surface area contributed by atoms with E-state index >= 15 is 0 Å². The number of carbonyl (C=O) groups excluding carboxylic acids is 2. The Labute approximate surface area is 165 Å². The molecule has 0 saturated heterocycles. The van der Waals surface area contributed by atoms with Gasteiger partial charge in [-0.25, -0.2) is 4.79 Å². The van der Waals surface area contributed by atoms with E-state index < -0.39 is 16.1 Å². The van der Waals surface area contributed by atoms with Crippen molar-refractivity contribution in [2.45, 2.75) is 23.8 Å². The fourth-order valence-corrected chi connectivity index (χ4v) is 2.19. The summed E-state index contributed by atoms with van der Waals surface area (Å²) in [5.74, 6) is -0.173. The van der Waals surface area contributed by atoms with Gasteiger partial charge in [-0.3, -0.25) is 10.1 Å². The number of alkyl halides is 3. The number of ether oxygens (including phenoxy) is 1. The zero-order valence-electron chi connectivity index (χ0n) is 13.4. The minimum atomic E-state index is -1.87. The van der Waals surface area contributed by atoms with Crippen LogP contribution in [0.25, 0.3) is 0 Å². The fourth-order valence-electron chi connectivity index (χ4n) is 1.63. The molecule has 0 radical (unpaired) electrons. The number of hydrogen-bond acceptors (Lipinski definition) is 4. The van der Waals surface area contributed by atoms with E-state index in [2.05, 4.69) is 21.3 Å². The molecule has 4 N–H and O–H groups in total. The summed E-state index contributed by atoms with van der Waals surface area (Å²) in [6.07, 6.45) is -1.87. The first-order valence-electron chi connectivity index (χ1n) is 7.07. The van der Waals surface area contributed by atoms with Gasteiger partial charge >= 0.3 is 6.09 Å². The van der Waals surface area contributed by atoms with Crippen molar-refractivity contribution in [2.75, 3.05) is 17.2 Å².